The molecule has 0 spiro atoms. The molecule has 4 atom stereocenters. The molecule has 214 valence electrons. The smallest absolute Gasteiger partial charge is 0.212 e. The van der Waals surface area contributed by atoms with Crippen molar-refractivity contribution in [3.05, 3.63) is 46.8 Å². The number of fused-ring (bicyclic) bond motifs is 1. The normalized spacial score (nSPS) is 31.7. The van der Waals surface area contributed by atoms with Gasteiger partial charge in [-0.25, -0.2) is 0 Å². The van der Waals surface area contributed by atoms with Crippen molar-refractivity contribution in [2.75, 3.05) is 6.67 Å². The molecule has 0 amide bonds. The van der Waals surface area contributed by atoms with Gasteiger partial charge >= 0.3 is 0 Å². The van der Waals surface area contributed by atoms with Crippen molar-refractivity contribution in [3.8, 4) is 0 Å². The minimum atomic E-state index is 0.0660. The fourth-order valence-electron chi connectivity index (χ4n) is 9.01. The van der Waals surface area contributed by atoms with Crippen LogP contribution in [0.2, 0.25) is 0 Å². The summed E-state index contributed by atoms with van der Waals surface area (Å²) in [4.78, 5) is 33.8. The summed E-state index contributed by atoms with van der Waals surface area (Å²) in [6.07, 6.45) is 7.34. The predicted molar refractivity (Wildman–Crippen MR) is 159 cm³/mol. The van der Waals surface area contributed by atoms with Crippen molar-refractivity contribution in [1.29, 1.82) is 0 Å². The molecule has 4 heteroatoms. The van der Waals surface area contributed by atoms with Crippen LogP contribution in [0.3, 0.4) is 0 Å². The Morgan fingerprint density at radius 1 is 0.564 bits per heavy atom. The fraction of sp³-hybridized carbons (Fsp3) is 0.714. The predicted octanol–water partition coefficient (Wildman–Crippen LogP) is 8.05. The van der Waals surface area contributed by atoms with Crippen LogP contribution in [0.15, 0.2) is 35.7 Å². The van der Waals surface area contributed by atoms with Gasteiger partial charge in [0.05, 0.1) is 6.67 Å². The van der Waals surface area contributed by atoms with E-state index in [0.29, 0.717) is 65.1 Å². The molecule has 5 rings (SSSR count). The summed E-state index contributed by atoms with van der Waals surface area (Å²) in [7, 11) is 0. The number of ketones is 2. The van der Waals surface area contributed by atoms with Gasteiger partial charge in [0.15, 0.2) is 0 Å². The topological polar surface area (TPSA) is 40.6 Å². The van der Waals surface area contributed by atoms with Gasteiger partial charge in [-0.05, 0) is 73.0 Å². The number of carbonyl (C=O) groups excluding carboxylic acids is 2. The third-order valence-electron chi connectivity index (χ3n) is 11.0. The summed E-state index contributed by atoms with van der Waals surface area (Å²) in [5.74, 6) is 4.38. The summed E-state index contributed by atoms with van der Waals surface area (Å²) < 4.78 is 0. The third kappa shape index (κ3) is 4.78. The van der Waals surface area contributed by atoms with Crippen LogP contribution in [0.4, 0.5) is 0 Å². The van der Waals surface area contributed by atoms with Crippen molar-refractivity contribution in [3.63, 3.8) is 0 Å². The largest absolute Gasteiger partial charge is 0.345 e. The first-order chi connectivity index (χ1) is 18.5. The maximum atomic E-state index is 14.4. The van der Waals surface area contributed by atoms with Crippen molar-refractivity contribution >= 4 is 11.6 Å². The zero-order valence-corrected chi connectivity index (χ0v) is 25.7. The van der Waals surface area contributed by atoms with Gasteiger partial charge < -0.3 is 9.80 Å². The van der Waals surface area contributed by atoms with Gasteiger partial charge in [-0.1, -0.05) is 92.5 Å². The Bertz CT molecular complexity index is 998. The average Bonchev–Trinajstić information content (AvgIpc) is 3.31. The Hall–Kier alpha value is -2.10. The molecule has 0 saturated heterocycles. The lowest BCUT2D eigenvalue weighted by Gasteiger charge is -2.50. The first kappa shape index (κ1) is 28.4. The van der Waals surface area contributed by atoms with E-state index in [-0.39, 0.29) is 23.7 Å². The standard InChI is InChI=1S/C35H52N2O2/c1-20(2)24-15-11-16-25(21(3)4)30(24)36-19-37(31-26(22(5)6)17-12-18-27(31)23(7)8)33-32(36)34(38)28-13-9-10-14-29(28)35(33)39/h9-10,13-14,20-27,30-31H,11-12,15-19H2,1-8H3. The molecule has 2 fully saturated rings. The number of rotatable bonds is 6. The molecule has 0 radical (unpaired) electrons. The van der Waals surface area contributed by atoms with Gasteiger partial charge in [-0.15, -0.1) is 0 Å². The second-order valence-electron chi connectivity index (χ2n) is 14.5. The van der Waals surface area contributed by atoms with Crippen LogP contribution < -0.4 is 0 Å². The Morgan fingerprint density at radius 3 is 1.15 bits per heavy atom. The SMILES string of the molecule is CC(C)C1CCCC(C(C)C)C1N1CN(C2C(C(C)C)CCCC2C(C)C)C2=C1C(=O)c1ccccc1C2=O. The van der Waals surface area contributed by atoms with Crippen LogP contribution >= 0.6 is 0 Å². The third-order valence-corrected chi connectivity index (χ3v) is 11.0. The molecule has 1 aromatic rings. The van der Waals surface area contributed by atoms with Gasteiger partial charge in [0.1, 0.15) is 11.4 Å². The molecule has 4 aliphatic rings. The summed E-state index contributed by atoms with van der Waals surface area (Å²) in [6, 6.07) is 8.13. The minimum Gasteiger partial charge on any atom is -0.345 e. The number of hydrogen-bond donors (Lipinski definition) is 0. The van der Waals surface area contributed by atoms with E-state index in [1.807, 2.05) is 24.3 Å². The Kier molecular flexibility index (Phi) is 8.06. The van der Waals surface area contributed by atoms with E-state index < -0.39 is 0 Å². The van der Waals surface area contributed by atoms with E-state index in [1.54, 1.807) is 0 Å². The summed E-state index contributed by atoms with van der Waals surface area (Å²) in [6.45, 7) is 19.6. The van der Waals surface area contributed by atoms with Crippen LogP contribution in [0.1, 0.15) is 115 Å². The van der Waals surface area contributed by atoms with Crippen LogP contribution in [0.25, 0.3) is 0 Å². The molecule has 1 aromatic carbocycles. The number of Topliss-reactive ketones (excluding diaryl/α,β-unsaturated/α-hetero) is 2. The zero-order valence-electron chi connectivity index (χ0n) is 25.7. The molecule has 0 bridgehead atoms. The van der Waals surface area contributed by atoms with E-state index in [1.165, 1.54) is 38.5 Å². The van der Waals surface area contributed by atoms with Crippen LogP contribution in [0.5, 0.6) is 0 Å². The highest BCUT2D eigenvalue weighted by molar-refractivity contribution is 6.26. The molecular formula is C35H52N2O2. The molecule has 2 saturated carbocycles. The van der Waals surface area contributed by atoms with Crippen molar-refractivity contribution in [1.82, 2.24) is 9.80 Å². The van der Waals surface area contributed by atoms with E-state index in [9.17, 15) is 9.59 Å². The Balaban J connectivity index is 1.69. The number of nitrogens with zero attached hydrogens (tertiary/aromatic N) is 2. The minimum absolute atomic E-state index is 0.0660. The second-order valence-corrected chi connectivity index (χ2v) is 14.5. The Morgan fingerprint density at radius 2 is 0.872 bits per heavy atom. The highest BCUT2D eigenvalue weighted by Crippen LogP contribution is 2.50. The Labute approximate surface area is 237 Å². The first-order valence-electron chi connectivity index (χ1n) is 16.0. The van der Waals surface area contributed by atoms with Crippen molar-refractivity contribution in [2.45, 2.75) is 106 Å². The highest BCUT2D eigenvalue weighted by Gasteiger charge is 2.53. The second kappa shape index (κ2) is 11.1. The molecular weight excluding hydrogens is 480 g/mol. The van der Waals surface area contributed by atoms with Gasteiger partial charge in [0.2, 0.25) is 11.6 Å². The average molecular weight is 533 g/mol. The maximum Gasteiger partial charge on any atom is 0.212 e. The van der Waals surface area contributed by atoms with Crippen LogP contribution in [-0.4, -0.2) is 40.1 Å². The molecule has 0 aromatic heterocycles. The van der Waals surface area contributed by atoms with Crippen LogP contribution in [-0.2, 0) is 0 Å². The van der Waals surface area contributed by atoms with Gasteiger partial charge in [-0.3, -0.25) is 9.59 Å². The van der Waals surface area contributed by atoms with Gasteiger partial charge in [-0.2, -0.15) is 0 Å². The zero-order chi connectivity index (χ0) is 28.2. The lowest BCUT2D eigenvalue weighted by Crippen LogP contribution is -2.54. The maximum absolute atomic E-state index is 14.4. The van der Waals surface area contributed by atoms with Crippen LogP contribution in [0, 0.1) is 47.3 Å². The lowest BCUT2D eigenvalue weighted by atomic mass is 9.67. The highest BCUT2D eigenvalue weighted by atomic mass is 16.1. The molecule has 1 heterocycles. The number of carbonyl (C=O) groups is 2. The number of benzene rings is 1. The quantitative estimate of drug-likeness (QED) is 0.372. The van der Waals surface area contributed by atoms with Gasteiger partial charge in [0, 0.05) is 23.2 Å². The number of allylic oxidation sites excluding steroid dienone is 2. The monoisotopic (exact) mass is 532 g/mol. The molecule has 39 heavy (non-hydrogen) atoms. The molecule has 0 N–H and O–H groups in total. The van der Waals surface area contributed by atoms with E-state index in [0.717, 1.165) is 11.4 Å². The molecule has 4 unspecified atom stereocenters. The first-order valence-corrected chi connectivity index (χ1v) is 16.0. The van der Waals surface area contributed by atoms with Crippen molar-refractivity contribution in [2.24, 2.45) is 47.3 Å². The lowest BCUT2D eigenvalue weighted by molar-refractivity contribution is -0.0106. The fourth-order valence-corrected chi connectivity index (χ4v) is 9.01. The molecule has 1 aliphatic heterocycles. The molecule has 4 nitrogen and oxygen atoms in total. The van der Waals surface area contributed by atoms with E-state index in [4.69, 9.17) is 0 Å². The summed E-state index contributed by atoms with van der Waals surface area (Å²) >= 11 is 0. The molecule has 3 aliphatic carbocycles. The summed E-state index contributed by atoms with van der Waals surface area (Å²) in [5.41, 5.74) is 2.63. The summed E-state index contributed by atoms with van der Waals surface area (Å²) in [5, 5.41) is 0. The number of hydrogen-bond acceptors (Lipinski definition) is 4. The van der Waals surface area contributed by atoms with E-state index >= 15 is 0 Å². The van der Waals surface area contributed by atoms with Crippen molar-refractivity contribution < 1.29 is 9.59 Å². The van der Waals surface area contributed by atoms with E-state index in [2.05, 4.69) is 65.2 Å². The van der Waals surface area contributed by atoms with Gasteiger partial charge in [0.25, 0.3) is 0 Å².